The van der Waals surface area contributed by atoms with Gasteiger partial charge in [-0.15, -0.1) is 0 Å². The fraction of sp³-hybridized carbons (Fsp3) is 0.500. The highest BCUT2D eigenvalue weighted by Crippen LogP contribution is 2.14. The zero-order chi connectivity index (χ0) is 18.8. The van der Waals surface area contributed by atoms with Crippen molar-refractivity contribution in [1.82, 2.24) is 10.6 Å². The molecule has 7 nitrogen and oxygen atoms in total. The summed E-state index contributed by atoms with van der Waals surface area (Å²) in [7, 11) is 0. The first-order valence-electron chi connectivity index (χ1n) is 8.25. The Bertz CT molecular complexity index is 601. The molecule has 0 bridgehead atoms. The summed E-state index contributed by atoms with van der Waals surface area (Å²) in [6.45, 7) is 7.43. The van der Waals surface area contributed by atoms with Gasteiger partial charge in [0.25, 0.3) is 5.91 Å². The minimum Gasteiger partial charge on any atom is -0.479 e. The zero-order valence-corrected chi connectivity index (χ0v) is 15.1. The van der Waals surface area contributed by atoms with Gasteiger partial charge < -0.3 is 14.8 Å². The minimum absolute atomic E-state index is 0.451. The highest BCUT2D eigenvalue weighted by atomic mass is 16.6. The van der Waals surface area contributed by atoms with Crippen LogP contribution in [0.1, 0.15) is 32.8 Å². The minimum atomic E-state index is -0.866. The summed E-state index contributed by atoms with van der Waals surface area (Å²) in [5.41, 5.74) is 1.00. The van der Waals surface area contributed by atoms with Crippen molar-refractivity contribution < 1.29 is 23.9 Å². The Hall–Kier alpha value is -2.57. The zero-order valence-electron chi connectivity index (χ0n) is 15.1. The van der Waals surface area contributed by atoms with Crippen LogP contribution in [-0.2, 0) is 14.3 Å². The molecule has 0 radical (unpaired) electrons. The molecular weight excluding hydrogens is 324 g/mol. The smallest absolute Gasteiger partial charge is 0.347 e. The summed E-state index contributed by atoms with van der Waals surface area (Å²) in [6.07, 6.45) is -0.0563. The number of hydrogen-bond acceptors (Lipinski definition) is 5. The van der Waals surface area contributed by atoms with Crippen molar-refractivity contribution in [2.45, 2.75) is 40.2 Å². The molecule has 0 heterocycles. The summed E-state index contributed by atoms with van der Waals surface area (Å²) in [4.78, 5) is 34.9. The van der Waals surface area contributed by atoms with Gasteiger partial charge in [0.1, 0.15) is 5.75 Å². The summed E-state index contributed by atoms with van der Waals surface area (Å²) in [6, 6.07) is 6.63. The van der Waals surface area contributed by atoms with E-state index < -0.39 is 30.6 Å². The third kappa shape index (κ3) is 8.74. The van der Waals surface area contributed by atoms with Crippen LogP contribution in [-0.4, -0.2) is 37.2 Å². The molecule has 1 atom stereocenters. The fourth-order valence-corrected chi connectivity index (χ4v) is 1.88. The molecule has 0 aliphatic rings. The normalized spacial score (nSPS) is 11.6. The Morgan fingerprint density at radius 2 is 1.88 bits per heavy atom. The van der Waals surface area contributed by atoms with Gasteiger partial charge in [0.2, 0.25) is 0 Å². The van der Waals surface area contributed by atoms with E-state index in [0.29, 0.717) is 18.2 Å². The van der Waals surface area contributed by atoms with E-state index in [1.54, 1.807) is 12.1 Å². The Balaban J connectivity index is 2.30. The van der Waals surface area contributed by atoms with Crippen molar-refractivity contribution in [3.8, 4) is 5.75 Å². The monoisotopic (exact) mass is 350 g/mol. The number of carbonyl (C=O) groups is 3. The van der Waals surface area contributed by atoms with Gasteiger partial charge in [-0.3, -0.25) is 10.1 Å². The van der Waals surface area contributed by atoms with Crippen molar-refractivity contribution in [2.75, 3.05) is 13.2 Å². The average molecular weight is 350 g/mol. The fourth-order valence-electron chi connectivity index (χ4n) is 1.88. The highest BCUT2D eigenvalue weighted by Gasteiger charge is 2.18. The lowest BCUT2D eigenvalue weighted by Crippen LogP contribution is -2.42. The molecule has 7 heteroatoms. The van der Waals surface area contributed by atoms with E-state index in [4.69, 9.17) is 9.47 Å². The van der Waals surface area contributed by atoms with Crippen LogP contribution in [0.15, 0.2) is 24.3 Å². The van der Waals surface area contributed by atoms with E-state index in [9.17, 15) is 14.4 Å². The molecule has 0 aliphatic carbocycles. The van der Waals surface area contributed by atoms with E-state index in [-0.39, 0.29) is 0 Å². The topological polar surface area (TPSA) is 93.7 Å². The van der Waals surface area contributed by atoms with Gasteiger partial charge in [-0.2, -0.15) is 0 Å². The van der Waals surface area contributed by atoms with Crippen LogP contribution >= 0.6 is 0 Å². The molecule has 0 spiro atoms. The Morgan fingerprint density at radius 1 is 1.16 bits per heavy atom. The SMILES string of the molecule is Cc1cccc(O[C@H](C)C(=O)OCC(=O)NC(=O)NCCC(C)C)c1. The summed E-state index contributed by atoms with van der Waals surface area (Å²) in [5.74, 6) is -0.389. The molecule has 0 aromatic heterocycles. The van der Waals surface area contributed by atoms with Crippen molar-refractivity contribution in [3.05, 3.63) is 29.8 Å². The lowest BCUT2D eigenvalue weighted by atomic mass is 10.1. The van der Waals surface area contributed by atoms with Crippen molar-refractivity contribution in [1.29, 1.82) is 0 Å². The van der Waals surface area contributed by atoms with E-state index in [1.165, 1.54) is 6.92 Å². The first-order chi connectivity index (χ1) is 11.8. The van der Waals surface area contributed by atoms with Crippen LogP contribution in [0.2, 0.25) is 0 Å². The van der Waals surface area contributed by atoms with Gasteiger partial charge in [-0.1, -0.05) is 26.0 Å². The number of esters is 1. The Kier molecular flexibility index (Phi) is 8.46. The number of ether oxygens (including phenoxy) is 2. The maximum atomic E-state index is 11.8. The second-order valence-corrected chi connectivity index (χ2v) is 6.17. The molecule has 3 amide bonds. The van der Waals surface area contributed by atoms with Gasteiger partial charge in [-0.05, 0) is 43.9 Å². The standard InChI is InChI=1S/C18H26N2O5/c1-12(2)8-9-19-18(23)20-16(21)11-24-17(22)14(4)25-15-7-5-6-13(3)10-15/h5-7,10,12,14H,8-9,11H2,1-4H3,(H2,19,20,21,23)/t14-/m1/s1. The molecule has 0 saturated heterocycles. The largest absolute Gasteiger partial charge is 0.479 e. The molecule has 0 fully saturated rings. The molecule has 0 saturated carbocycles. The van der Waals surface area contributed by atoms with Gasteiger partial charge in [0.15, 0.2) is 12.7 Å². The van der Waals surface area contributed by atoms with Crippen molar-refractivity contribution in [3.63, 3.8) is 0 Å². The summed E-state index contributed by atoms with van der Waals surface area (Å²) in [5, 5.41) is 4.66. The van der Waals surface area contributed by atoms with Crippen molar-refractivity contribution in [2.24, 2.45) is 5.92 Å². The molecule has 1 rings (SSSR count). The second kappa shape index (κ2) is 10.3. The van der Waals surface area contributed by atoms with Crippen LogP contribution in [0, 0.1) is 12.8 Å². The number of benzene rings is 1. The van der Waals surface area contributed by atoms with Crippen molar-refractivity contribution >= 4 is 17.9 Å². The highest BCUT2D eigenvalue weighted by molar-refractivity contribution is 5.95. The average Bonchev–Trinajstić information content (AvgIpc) is 2.52. The van der Waals surface area contributed by atoms with E-state index in [1.807, 2.05) is 32.9 Å². The van der Waals surface area contributed by atoms with E-state index >= 15 is 0 Å². The Morgan fingerprint density at radius 3 is 2.52 bits per heavy atom. The lowest BCUT2D eigenvalue weighted by Gasteiger charge is -2.14. The quantitative estimate of drug-likeness (QED) is 0.701. The summed E-state index contributed by atoms with van der Waals surface area (Å²) < 4.78 is 10.3. The van der Waals surface area contributed by atoms with E-state index in [0.717, 1.165) is 12.0 Å². The number of rotatable bonds is 8. The molecule has 2 N–H and O–H groups in total. The first-order valence-corrected chi connectivity index (χ1v) is 8.25. The van der Waals surface area contributed by atoms with Crippen LogP contribution < -0.4 is 15.4 Å². The number of carbonyl (C=O) groups excluding carboxylic acids is 3. The molecule has 0 aliphatic heterocycles. The molecular formula is C18H26N2O5. The first kappa shape index (κ1) is 20.5. The molecule has 0 unspecified atom stereocenters. The number of urea groups is 1. The molecule has 1 aromatic rings. The van der Waals surface area contributed by atoms with Crippen LogP contribution in [0.4, 0.5) is 4.79 Å². The molecule has 1 aromatic carbocycles. The van der Waals surface area contributed by atoms with Crippen LogP contribution in [0.5, 0.6) is 5.75 Å². The number of nitrogens with one attached hydrogen (secondary N) is 2. The lowest BCUT2D eigenvalue weighted by molar-refractivity contribution is -0.154. The maximum Gasteiger partial charge on any atom is 0.347 e. The predicted molar refractivity (Wildman–Crippen MR) is 93.2 cm³/mol. The van der Waals surface area contributed by atoms with E-state index in [2.05, 4.69) is 10.6 Å². The van der Waals surface area contributed by atoms with Gasteiger partial charge in [-0.25, -0.2) is 9.59 Å². The van der Waals surface area contributed by atoms with Crippen LogP contribution in [0.3, 0.4) is 0 Å². The third-order valence-corrected chi connectivity index (χ3v) is 3.24. The number of aryl methyl sites for hydroxylation is 1. The second-order valence-electron chi connectivity index (χ2n) is 6.17. The number of imide groups is 1. The van der Waals surface area contributed by atoms with Gasteiger partial charge >= 0.3 is 12.0 Å². The van der Waals surface area contributed by atoms with Crippen LogP contribution in [0.25, 0.3) is 0 Å². The summed E-state index contributed by atoms with van der Waals surface area (Å²) >= 11 is 0. The number of amides is 3. The molecule has 138 valence electrons. The van der Waals surface area contributed by atoms with Gasteiger partial charge in [0, 0.05) is 6.54 Å². The van der Waals surface area contributed by atoms with Gasteiger partial charge in [0.05, 0.1) is 0 Å². The maximum absolute atomic E-state index is 11.8. The predicted octanol–water partition coefficient (Wildman–Crippen LogP) is 2.18. The number of hydrogen-bond donors (Lipinski definition) is 2. The third-order valence-electron chi connectivity index (χ3n) is 3.24. The Labute approximate surface area is 148 Å². The molecule has 25 heavy (non-hydrogen) atoms.